The first-order valence-electron chi connectivity index (χ1n) is 6.61. The summed E-state index contributed by atoms with van der Waals surface area (Å²) in [5.41, 5.74) is -2.33. The number of aromatic nitrogens is 2. The smallest absolute Gasteiger partial charge is 0.221 e. The van der Waals surface area contributed by atoms with Crippen molar-refractivity contribution in [1.82, 2.24) is 9.78 Å². The highest BCUT2D eigenvalue weighted by atomic mass is 35.5. The third-order valence-corrected chi connectivity index (χ3v) is 7.45. The first kappa shape index (κ1) is 23.4. The molecule has 0 amide bonds. The van der Waals surface area contributed by atoms with Crippen molar-refractivity contribution in [2.75, 3.05) is 6.26 Å². The predicted molar refractivity (Wildman–Crippen MR) is 97.8 cm³/mol. The Bertz CT molecular complexity index is 1070. The fraction of sp³-hybridized carbons (Fsp3) is 0.231. The van der Waals surface area contributed by atoms with Crippen molar-refractivity contribution in [3.05, 3.63) is 33.4 Å². The lowest BCUT2D eigenvalue weighted by Gasteiger charge is -2.15. The Morgan fingerprint density at radius 1 is 1.18 bits per heavy atom. The van der Waals surface area contributed by atoms with E-state index in [9.17, 15) is 31.2 Å². The maximum absolute atomic E-state index is 13.8. The number of rotatable bonds is 4. The van der Waals surface area contributed by atoms with Crippen molar-refractivity contribution in [2.24, 2.45) is 0 Å². The average molecular weight is 517 g/mol. The fourth-order valence-corrected chi connectivity index (χ4v) is 5.25. The predicted octanol–water partition coefficient (Wildman–Crippen LogP) is 5.62. The Labute approximate surface area is 180 Å². The summed E-state index contributed by atoms with van der Waals surface area (Å²) in [5.74, 6) is 0. The van der Waals surface area contributed by atoms with Gasteiger partial charge < -0.3 is 0 Å². The van der Waals surface area contributed by atoms with Crippen LogP contribution < -0.4 is 0 Å². The third-order valence-electron chi connectivity index (χ3n) is 3.23. The zero-order valence-corrected chi connectivity index (χ0v) is 17.8. The molecule has 0 bridgehead atoms. The molecule has 152 valence electrons. The van der Waals surface area contributed by atoms with Crippen molar-refractivity contribution in [3.63, 3.8) is 0 Å². The molecule has 1 heterocycles. The van der Waals surface area contributed by atoms with Crippen molar-refractivity contribution in [3.8, 4) is 11.8 Å². The lowest BCUT2D eigenvalue weighted by Crippen LogP contribution is -2.22. The van der Waals surface area contributed by atoms with Crippen LogP contribution in [-0.2, 0) is 16.0 Å². The van der Waals surface area contributed by atoms with E-state index in [1.165, 1.54) is 12.3 Å². The molecule has 2 rings (SSSR count). The van der Waals surface area contributed by atoms with E-state index < -0.39 is 46.1 Å². The van der Waals surface area contributed by atoms with Gasteiger partial charge in [0.2, 0.25) is 9.84 Å². The van der Waals surface area contributed by atoms with Gasteiger partial charge in [-0.3, -0.25) is 0 Å². The average Bonchev–Trinajstić information content (AvgIpc) is 2.91. The minimum absolute atomic E-state index is 0.354. The van der Waals surface area contributed by atoms with Gasteiger partial charge in [0.25, 0.3) is 0 Å². The molecule has 0 unspecified atom stereocenters. The largest absolute Gasteiger partial charge is 0.416 e. The van der Waals surface area contributed by atoms with Crippen molar-refractivity contribution >= 4 is 68.0 Å². The molecule has 0 atom stereocenters. The molecule has 0 aliphatic rings. The van der Waals surface area contributed by atoms with E-state index in [0.29, 0.717) is 28.6 Å². The molecule has 1 aromatic heterocycles. The van der Waals surface area contributed by atoms with Gasteiger partial charge >= 0.3 is 10.1 Å². The van der Waals surface area contributed by atoms with Gasteiger partial charge in [-0.15, -0.1) is 11.8 Å². The Morgan fingerprint density at radius 2 is 1.68 bits per heavy atom. The maximum atomic E-state index is 13.8. The van der Waals surface area contributed by atoms with E-state index in [-0.39, 0.29) is 10.7 Å². The maximum Gasteiger partial charge on any atom is 0.416 e. The molecule has 0 N–H and O–H groups in total. The first-order chi connectivity index (χ1) is 12.7. The van der Waals surface area contributed by atoms with E-state index in [2.05, 4.69) is 5.10 Å². The summed E-state index contributed by atoms with van der Waals surface area (Å²) in [5, 5.41) is 11.4. The number of alkyl halides is 6. The molecule has 5 nitrogen and oxygen atoms in total. The molecular formula is C13H5Cl4F4N3O2S2. The second kappa shape index (κ2) is 7.74. The Kier molecular flexibility index (Phi) is 6.46. The van der Waals surface area contributed by atoms with Crippen LogP contribution in [0.5, 0.6) is 0 Å². The lowest BCUT2D eigenvalue weighted by molar-refractivity contribution is -0.137. The Morgan fingerprint density at radius 3 is 2.04 bits per heavy atom. The van der Waals surface area contributed by atoms with Gasteiger partial charge in [-0.1, -0.05) is 23.2 Å². The summed E-state index contributed by atoms with van der Waals surface area (Å²) in [7, 11) is -5.13. The second-order valence-corrected chi connectivity index (χ2v) is 10.2. The number of halogens is 8. The van der Waals surface area contributed by atoms with Crippen LogP contribution in [0.15, 0.2) is 22.1 Å². The van der Waals surface area contributed by atoms with Crippen molar-refractivity contribution in [1.29, 1.82) is 5.26 Å². The van der Waals surface area contributed by atoms with Gasteiger partial charge in [-0.05, 0) is 41.6 Å². The number of nitriles is 1. The molecule has 0 aliphatic heterocycles. The number of hydrogen-bond acceptors (Lipinski definition) is 5. The fourth-order valence-electron chi connectivity index (χ4n) is 2.08. The summed E-state index contributed by atoms with van der Waals surface area (Å²) >= 11 is 22.6. The molecule has 0 fully saturated rings. The molecule has 28 heavy (non-hydrogen) atoms. The second-order valence-electron chi connectivity index (χ2n) is 4.95. The summed E-state index contributed by atoms with van der Waals surface area (Å²) in [6.07, 6.45) is -3.42. The minimum Gasteiger partial charge on any atom is -0.221 e. The number of benzene rings is 1. The lowest BCUT2D eigenvalue weighted by atomic mass is 10.2. The van der Waals surface area contributed by atoms with Gasteiger partial charge in [-0.2, -0.15) is 27.9 Å². The number of sulfone groups is 1. The Hall–Kier alpha value is -0.900. The van der Waals surface area contributed by atoms with Crippen LogP contribution in [0.3, 0.4) is 0 Å². The van der Waals surface area contributed by atoms with E-state index in [1.807, 2.05) is 0 Å². The van der Waals surface area contributed by atoms with Gasteiger partial charge in [0.05, 0.1) is 15.6 Å². The van der Waals surface area contributed by atoms with Crippen LogP contribution >= 0.6 is 58.2 Å². The van der Waals surface area contributed by atoms with Crippen LogP contribution in [0.2, 0.25) is 10.0 Å². The van der Waals surface area contributed by atoms with Crippen LogP contribution in [0, 0.1) is 11.3 Å². The highest BCUT2D eigenvalue weighted by Gasteiger charge is 2.47. The monoisotopic (exact) mass is 515 g/mol. The molecule has 1 aromatic carbocycles. The van der Waals surface area contributed by atoms with Gasteiger partial charge in [0.1, 0.15) is 21.7 Å². The van der Waals surface area contributed by atoms with Gasteiger partial charge in [0.15, 0.2) is 5.69 Å². The van der Waals surface area contributed by atoms with Crippen LogP contribution in [0.4, 0.5) is 17.6 Å². The van der Waals surface area contributed by atoms with Crippen LogP contribution in [0.25, 0.3) is 5.69 Å². The minimum atomic E-state index is -5.13. The SMILES string of the molecule is CSc1c(S(=O)(=O)C(F)(Cl)Cl)c(C#N)nn1-c1c(Cl)cc(C(F)(F)F)cc1Cl. The molecular weight excluding hydrogens is 512 g/mol. The zero-order chi connectivity index (χ0) is 21.7. The normalized spacial score (nSPS) is 12.9. The first-order valence-corrected chi connectivity index (χ1v) is 10.8. The van der Waals surface area contributed by atoms with Crippen molar-refractivity contribution in [2.45, 2.75) is 20.0 Å². The highest BCUT2D eigenvalue weighted by Crippen LogP contribution is 2.43. The topological polar surface area (TPSA) is 75.8 Å². The molecule has 0 saturated heterocycles. The summed E-state index contributed by atoms with van der Waals surface area (Å²) in [6.45, 7) is 0. The molecule has 0 saturated carbocycles. The molecule has 15 heteroatoms. The molecule has 0 spiro atoms. The van der Waals surface area contributed by atoms with Crippen molar-refractivity contribution < 1.29 is 26.0 Å². The standard InChI is InChI=1S/C13H5Cl4F4N3O2S2/c1-27-11-10(28(25,26)13(16,17)21)8(4-22)23-24(11)9-6(14)2-5(3-7(9)15)12(18,19)20/h2-3H,1H3. The van der Waals surface area contributed by atoms with Crippen LogP contribution in [0.1, 0.15) is 11.3 Å². The molecule has 2 aromatic rings. The summed E-state index contributed by atoms with van der Waals surface area (Å²) < 4.78 is 74.1. The van der Waals surface area contributed by atoms with E-state index >= 15 is 0 Å². The van der Waals surface area contributed by atoms with Crippen LogP contribution in [-0.4, -0.2) is 28.4 Å². The number of thioether (sulfide) groups is 1. The summed E-state index contributed by atoms with van der Waals surface area (Å²) in [4.78, 5) is -0.956. The molecule has 0 aliphatic carbocycles. The highest BCUT2D eigenvalue weighted by molar-refractivity contribution is 8.00. The van der Waals surface area contributed by atoms with E-state index in [4.69, 9.17) is 46.4 Å². The number of nitrogens with zero attached hydrogens (tertiary/aromatic N) is 3. The zero-order valence-electron chi connectivity index (χ0n) is 13.2. The summed E-state index contributed by atoms with van der Waals surface area (Å²) in [6, 6.07) is 2.52. The van der Waals surface area contributed by atoms with E-state index in [1.54, 1.807) is 0 Å². The quantitative estimate of drug-likeness (QED) is 0.299. The number of hydrogen-bond donors (Lipinski definition) is 0. The van der Waals surface area contributed by atoms with Gasteiger partial charge in [0, 0.05) is 0 Å². The molecule has 0 radical (unpaired) electrons. The Balaban J connectivity index is 2.90. The van der Waals surface area contributed by atoms with E-state index in [0.717, 1.165) is 0 Å². The third kappa shape index (κ3) is 4.04. The van der Waals surface area contributed by atoms with Gasteiger partial charge in [-0.25, -0.2) is 13.1 Å².